The topological polar surface area (TPSA) is 71.1 Å². The third kappa shape index (κ3) is 3.64. The van der Waals surface area contributed by atoms with Crippen molar-refractivity contribution in [3.05, 3.63) is 51.5 Å². The van der Waals surface area contributed by atoms with Crippen molar-refractivity contribution in [3.8, 4) is 0 Å². The van der Waals surface area contributed by atoms with Crippen LogP contribution in [0, 0.1) is 0 Å². The van der Waals surface area contributed by atoms with Crippen LogP contribution < -0.4 is 10.6 Å². The third-order valence-electron chi connectivity index (χ3n) is 4.10. The molecule has 6 heteroatoms. The van der Waals surface area contributed by atoms with Gasteiger partial charge in [-0.3, -0.25) is 9.59 Å². The fourth-order valence-corrected chi connectivity index (χ4v) is 3.71. The fourth-order valence-electron chi connectivity index (χ4n) is 2.75. The SMILES string of the molecule is CC(C)c1csc(CCNC(=O)C[C@@H]2NC(=O)c3ccccc32)n1. The third-order valence-corrected chi connectivity index (χ3v) is 5.02. The molecule has 1 aromatic carbocycles. The summed E-state index contributed by atoms with van der Waals surface area (Å²) in [5.41, 5.74) is 2.67. The molecule has 126 valence electrons. The van der Waals surface area contributed by atoms with Crippen LogP contribution in [0.1, 0.15) is 58.9 Å². The summed E-state index contributed by atoms with van der Waals surface area (Å²) in [6.45, 7) is 4.80. The van der Waals surface area contributed by atoms with Crippen LogP contribution in [0.25, 0.3) is 0 Å². The maximum Gasteiger partial charge on any atom is 0.252 e. The van der Waals surface area contributed by atoms with Crippen LogP contribution in [0.15, 0.2) is 29.6 Å². The maximum absolute atomic E-state index is 12.1. The molecule has 0 spiro atoms. The highest BCUT2D eigenvalue weighted by atomic mass is 32.1. The lowest BCUT2D eigenvalue weighted by Crippen LogP contribution is -2.30. The highest BCUT2D eigenvalue weighted by molar-refractivity contribution is 7.09. The first-order valence-electron chi connectivity index (χ1n) is 8.15. The Hall–Kier alpha value is -2.21. The Morgan fingerprint density at radius 3 is 2.92 bits per heavy atom. The van der Waals surface area contributed by atoms with Crippen LogP contribution in [-0.4, -0.2) is 23.3 Å². The van der Waals surface area contributed by atoms with Crippen molar-refractivity contribution in [2.75, 3.05) is 6.54 Å². The minimum Gasteiger partial charge on any atom is -0.356 e. The summed E-state index contributed by atoms with van der Waals surface area (Å²) >= 11 is 1.63. The van der Waals surface area contributed by atoms with Gasteiger partial charge in [0.15, 0.2) is 0 Å². The Balaban J connectivity index is 1.49. The first-order valence-corrected chi connectivity index (χ1v) is 9.03. The molecule has 2 aromatic rings. The van der Waals surface area contributed by atoms with Gasteiger partial charge >= 0.3 is 0 Å². The van der Waals surface area contributed by atoms with Gasteiger partial charge in [0, 0.05) is 23.9 Å². The van der Waals surface area contributed by atoms with E-state index in [-0.39, 0.29) is 24.3 Å². The van der Waals surface area contributed by atoms with E-state index in [2.05, 4.69) is 34.8 Å². The number of benzene rings is 1. The fraction of sp³-hybridized carbons (Fsp3) is 0.389. The largest absolute Gasteiger partial charge is 0.356 e. The van der Waals surface area contributed by atoms with Gasteiger partial charge in [-0.1, -0.05) is 32.0 Å². The van der Waals surface area contributed by atoms with E-state index in [9.17, 15) is 9.59 Å². The predicted octanol–water partition coefficient (Wildman–Crippen LogP) is 2.80. The predicted molar refractivity (Wildman–Crippen MR) is 94.2 cm³/mol. The van der Waals surface area contributed by atoms with E-state index in [1.807, 2.05) is 18.2 Å². The van der Waals surface area contributed by atoms with E-state index in [0.29, 0.717) is 18.0 Å². The number of amides is 2. The zero-order chi connectivity index (χ0) is 17.1. The highest BCUT2D eigenvalue weighted by Crippen LogP contribution is 2.27. The average molecular weight is 343 g/mol. The lowest BCUT2D eigenvalue weighted by Gasteiger charge is -2.11. The van der Waals surface area contributed by atoms with E-state index in [4.69, 9.17) is 0 Å². The number of aromatic nitrogens is 1. The molecule has 1 atom stereocenters. The normalized spacial score (nSPS) is 16.1. The number of hydrogen-bond acceptors (Lipinski definition) is 4. The molecule has 3 rings (SSSR count). The van der Waals surface area contributed by atoms with Crippen molar-refractivity contribution in [2.24, 2.45) is 0 Å². The van der Waals surface area contributed by atoms with Gasteiger partial charge < -0.3 is 10.6 Å². The van der Waals surface area contributed by atoms with Crippen LogP contribution >= 0.6 is 11.3 Å². The molecule has 0 fully saturated rings. The van der Waals surface area contributed by atoms with Gasteiger partial charge in [0.05, 0.1) is 23.2 Å². The number of fused-ring (bicyclic) bond motifs is 1. The van der Waals surface area contributed by atoms with Gasteiger partial charge in [-0.15, -0.1) is 11.3 Å². The molecule has 5 nitrogen and oxygen atoms in total. The molecule has 0 saturated heterocycles. The summed E-state index contributed by atoms with van der Waals surface area (Å²) in [7, 11) is 0. The first kappa shape index (κ1) is 16.6. The highest BCUT2D eigenvalue weighted by Gasteiger charge is 2.29. The Morgan fingerprint density at radius 2 is 2.17 bits per heavy atom. The van der Waals surface area contributed by atoms with Crippen molar-refractivity contribution in [1.82, 2.24) is 15.6 Å². The van der Waals surface area contributed by atoms with Crippen LogP contribution in [0.3, 0.4) is 0 Å². The Bertz CT molecular complexity index is 754. The number of hydrogen-bond donors (Lipinski definition) is 2. The molecule has 2 amide bonds. The van der Waals surface area contributed by atoms with Crippen molar-refractivity contribution in [2.45, 2.75) is 38.6 Å². The Kier molecular flexibility index (Phi) is 4.94. The summed E-state index contributed by atoms with van der Waals surface area (Å²) in [5.74, 6) is 0.265. The van der Waals surface area contributed by atoms with Gasteiger partial charge in [0.1, 0.15) is 0 Å². The standard InChI is InChI=1S/C18H21N3O2S/c1-11(2)15-10-24-17(20-15)7-8-19-16(22)9-14-12-5-3-4-6-13(12)18(23)21-14/h3-6,10-11,14H,7-9H2,1-2H3,(H,19,22)(H,21,23)/t14-/m0/s1. The van der Waals surface area contributed by atoms with Crippen molar-refractivity contribution in [3.63, 3.8) is 0 Å². The molecule has 24 heavy (non-hydrogen) atoms. The molecule has 1 aliphatic rings. The molecule has 1 aromatic heterocycles. The second-order valence-electron chi connectivity index (χ2n) is 6.24. The molecule has 1 aliphatic heterocycles. The minimum absolute atomic E-state index is 0.0577. The molecule has 0 radical (unpaired) electrons. The summed E-state index contributed by atoms with van der Waals surface area (Å²) < 4.78 is 0. The number of carbonyl (C=O) groups is 2. The van der Waals surface area contributed by atoms with Crippen molar-refractivity contribution < 1.29 is 9.59 Å². The average Bonchev–Trinajstić information content (AvgIpc) is 3.14. The van der Waals surface area contributed by atoms with E-state index < -0.39 is 0 Å². The Labute approximate surface area is 145 Å². The number of nitrogens with one attached hydrogen (secondary N) is 2. The van der Waals surface area contributed by atoms with Gasteiger partial charge in [-0.25, -0.2) is 4.98 Å². The van der Waals surface area contributed by atoms with Crippen LogP contribution in [-0.2, 0) is 11.2 Å². The van der Waals surface area contributed by atoms with E-state index in [0.717, 1.165) is 22.7 Å². The van der Waals surface area contributed by atoms with Gasteiger partial charge in [-0.2, -0.15) is 0 Å². The number of carbonyl (C=O) groups excluding carboxylic acids is 2. The van der Waals surface area contributed by atoms with Crippen LogP contribution in [0.5, 0.6) is 0 Å². The second-order valence-corrected chi connectivity index (χ2v) is 7.18. The zero-order valence-corrected chi connectivity index (χ0v) is 14.7. The summed E-state index contributed by atoms with van der Waals surface area (Å²) in [5, 5.41) is 8.90. The molecule has 0 saturated carbocycles. The summed E-state index contributed by atoms with van der Waals surface area (Å²) in [6, 6.07) is 7.17. The lowest BCUT2D eigenvalue weighted by molar-refractivity contribution is -0.121. The van der Waals surface area contributed by atoms with E-state index >= 15 is 0 Å². The second kappa shape index (κ2) is 7.13. The quantitative estimate of drug-likeness (QED) is 0.847. The number of rotatable bonds is 6. The van der Waals surface area contributed by atoms with Gasteiger partial charge in [0.2, 0.25) is 5.91 Å². The van der Waals surface area contributed by atoms with Crippen LogP contribution in [0.2, 0.25) is 0 Å². The van der Waals surface area contributed by atoms with E-state index in [1.165, 1.54) is 0 Å². The van der Waals surface area contributed by atoms with Gasteiger partial charge in [-0.05, 0) is 17.5 Å². The molecule has 0 bridgehead atoms. The molecule has 0 aliphatic carbocycles. The lowest BCUT2D eigenvalue weighted by atomic mass is 10.0. The molecular formula is C18H21N3O2S. The zero-order valence-electron chi connectivity index (χ0n) is 13.8. The molecular weight excluding hydrogens is 322 g/mol. The Morgan fingerprint density at radius 1 is 1.38 bits per heavy atom. The monoisotopic (exact) mass is 343 g/mol. The summed E-state index contributed by atoms with van der Waals surface area (Å²) in [4.78, 5) is 28.6. The van der Waals surface area contributed by atoms with E-state index in [1.54, 1.807) is 17.4 Å². The van der Waals surface area contributed by atoms with Crippen molar-refractivity contribution >= 4 is 23.2 Å². The minimum atomic E-state index is -0.235. The molecule has 2 N–H and O–H groups in total. The molecule has 2 heterocycles. The number of nitrogens with zero attached hydrogens (tertiary/aromatic N) is 1. The summed E-state index contributed by atoms with van der Waals surface area (Å²) in [6.07, 6.45) is 0.995. The van der Waals surface area contributed by atoms with Crippen LogP contribution in [0.4, 0.5) is 0 Å². The smallest absolute Gasteiger partial charge is 0.252 e. The molecule has 0 unspecified atom stereocenters. The first-order chi connectivity index (χ1) is 11.5. The number of thiazole rings is 1. The van der Waals surface area contributed by atoms with Gasteiger partial charge in [0.25, 0.3) is 5.91 Å². The van der Waals surface area contributed by atoms with Crippen molar-refractivity contribution in [1.29, 1.82) is 0 Å². The maximum atomic E-state index is 12.1.